The van der Waals surface area contributed by atoms with E-state index in [0.29, 0.717) is 6.61 Å². The second-order valence-corrected chi connectivity index (χ2v) is 10.5. The van der Waals surface area contributed by atoms with E-state index in [-0.39, 0.29) is 17.6 Å². The van der Waals surface area contributed by atoms with Gasteiger partial charge in [-0.2, -0.15) is 0 Å². The van der Waals surface area contributed by atoms with Gasteiger partial charge in [-0.25, -0.2) is 0 Å². The molecule has 0 saturated carbocycles. The Balaban J connectivity index is 1.31. The number of nitrogens with zero attached hydrogens (tertiary/aromatic N) is 1. The second kappa shape index (κ2) is 12.5. The Morgan fingerprint density at radius 3 is 2.24 bits per heavy atom. The van der Waals surface area contributed by atoms with Gasteiger partial charge in [0.2, 0.25) is 0 Å². The number of fused-ring (bicyclic) bond motifs is 1. The molecule has 2 aliphatic rings. The van der Waals surface area contributed by atoms with Crippen LogP contribution in [-0.4, -0.2) is 51.1 Å². The van der Waals surface area contributed by atoms with E-state index in [2.05, 4.69) is 29.2 Å². The van der Waals surface area contributed by atoms with Gasteiger partial charge >= 0.3 is 0 Å². The summed E-state index contributed by atoms with van der Waals surface area (Å²) in [7, 11) is 3.36. The van der Waals surface area contributed by atoms with E-state index in [9.17, 15) is 4.79 Å². The largest absolute Gasteiger partial charge is 0.497 e. The number of hydrogen-bond donors (Lipinski definition) is 0. The molecule has 1 saturated heterocycles. The van der Waals surface area contributed by atoms with Gasteiger partial charge in [0.25, 0.3) is 0 Å². The van der Waals surface area contributed by atoms with Crippen LogP contribution in [-0.2, 0) is 6.42 Å². The van der Waals surface area contributed by atoms with Gasteiger partial charge in [0.05, 0.1) is 26.7 Å². The van der Waals surface area contributed by atoms with Crippen molar-refractivity contribution in [3.05, 3.63) is 89.0 Å². The molecule has 1 heterocycles. The number of carbonyl (C=O) groups excluding carboxylic acids is 1. The highest BCUT2D eigenvalue weighted by molar-refractivity contribution is 6.02. The Morgan fingerprint density at radius 1 is 0.842 bits per heavy atom. The fourth-order valence-electron chi connectivity index (χ4n) is 6.01. The number of benzene rings is 3. The number of methoxy groups -OCH3 is 2. The smallest absolute Gasteiger partial charge is 0.170 e. The average molecular weight is 514 g/mol. The molecule has 0 N–H and O–H groups in total. The Hall–Kier alpha value is -3.31. The number of aryl methyl sites for hydroxylation is 1. The number of piperidine rings is 1. The fraction of sp³-hybridized carbons (Fsp3) is 0.424. The monoisotopic (exact) mass is 513 g/mol. The van der Waals surface area contributed by atoms with Gasteiger partial charge in [-0.1, -0.05) is 24.6 Å². The number of ketones is 1. The predicted molar refractivity (Wildman–Crippen MR) is 151 cm³/mol. The van der Waals surface area contributed by atoms with E-state index < -0.39 is 0 Å². The van der Waals surface area contributed by atoms with E-state index in [1.165, 1.54) is 43.5 Å². The Morgan fingerprint density at radius 2 is 1.53 bits per heavy atom. The van der Waals surface area contributed by atoms with Crippen molar-refractivity contribution in [2.24, 2.45) is 0 Å². The number of carbonyl (C=O) groups is 1. The van der Waals surface area contributed by atoms with E-state index in [4.69, 9.17) is 14.2 Å². The molecule has 0 aromatic heterocycles. The van der Waals surface area contributed by atoms with Crippen LogP contribution >= 0.6 is 0 Å². The molecule has 1 aliphatic carbocycles. The minimum Gasteiger partial charge on any atom is -0.497 e. The molecule has 2 unspecified atom stereocenters. The van der Waals surface area contributed by atoms with Crippen LogP contribution in [0.4, 0.5) is 0 Å². The van der Waals surface area contributed by atoms with Crippen LogP contribution in [0.5, 0.6) is 17.2 Å². The first-order chi connectivity index (χ1) is 18.7. The minimum absolute atomic E-state index is 0.0972. The van der Waals surface area contributed by atoms with E-state index in [1.807, 2.05) is 42.5 Å². The molecule has 1 fully saturated rings. The highest BCUT2D eigenvalue weighted by Crippen LogP contribution is 2.45. The molecule has 0 bridgehead atoms. The summed E-state index contributed by atoms with van der Waals surface area (Å²) in [4.78, 5) is 16.6. The molecule has 200 valence electrons. The molecule has 0 amide bonds. The molecule has 2 atom stereocenters. The molecule has 5 rings (SSSR count). The standard InChI is InChI=1S/C33H39NO4/c1-36-27-12-7-24(8-13-27)30-17-11-26-23-29(37-2)16-18-31(26)32(30)33(35)25-9-14-28(15-10-25)38-22-6-21-34-19-4-3-5-20-34/h7-10,12-16,18,23,30,32H,3-6,11,17,19-22H2,1-2H3. The van der Waals surface area contributed by atoms with Crippen molar-refractivity contribution < 1.29 is 19.0 Å². The molecular weight excluding hydrogens is 474 g/mol. The van der Waals surface area contributed by atoms with Crippen molar-refractivity contribution in [2.75, 3.05) is 40.5 Å². The van der Waals surface area contributed by atoms with Gasteiger partial charge in [0.15, 0.2) is 5.78 Å². The third-order valence-corrected chi connectivity index (χ3v) is 8.11. The van der Waals surface area contributed by atoms with Gasteiger partial charge < -0.3 is 19.1 Å². The number of likely N-dealkylation sites (tertiary alicyclic amines) is 1. The highest BCUT2D eigenvalue weighted by Gasteiger charge is 2.36. The normalized spacial score (nSPS) is 19.4. The summed E-state index contributed by atoms with van der Waals surface area (Å²) in [6.07, 6.45) is 6.83. The molecule has 0 spiro atoms. The molecule has 5 nitrogen and oxygen atoms in total. The molecule has 0 radical (unpaired) electrons. The third kappa shape index (κ3) is 6.05. The summed E-state index contributed by atoms with van der Waals surface area (Å²) < 4.78 is 16.8. The van der Waals surface area contributed by atoms with Crippen LogP contribution in [0, 0.1) is 0 Å². The molecule has 5 heteroatoms. The number of ether oxygens (including phenoxy) is 3. The van der Waals surface area contributed by atoms with Crippen molar-refractivity contribution in [3.8, 4) is 17.2 Å². The van der Waals surface area contributed by atoms with Crippen molar-refractivity contribution >= 4 is 5.78 Å². The fourth-order valence-corrected chi connectivity index (χ4v) is 6.01. The zero-order chi connectivity index (χ0) is 26.3. The first kappa shape index (κ1) is 26.3. The highest BCUT2D eigenvalue weighted by atomic mass is 16.5. The van der Waals surface area contributed by atoms with Crippen LogP contribution in [0.2, 0.25) is 0 Å². The summed E-state index contributed by atoms with van der Waals surface area (Å²) in [5, 5.41) is 0. The van der Waals surface area contributed by atoms with Crippen molar-refractivity contribution in [1.82, 2.24) is 4.90 Å². The number of rotatable bonds is 10. The first-order valence-electron chi connectivity index (χ1n) is 14.0. The topological polar surface area (TPSA) is 48.0 Å². The zero-order valence-electron chi connectivity index (χ0n) is 22.7. The summed E-state index contributed by atoms with van der Waals surface area (Å²) in [6.45, 7) is 4.22. The summed E-state index contributed by atoms with van der Waals surface area (Å²) in [5.74, 6) is 2.47. The van der Waals surface area contributed by atoms with Crippen molar-refractivity contribution in [3.63, 3.8) is 0 Å². The maximum Gasteiger partial charge on any atom is 0.170 e. The number of hydrogen-bond acceptors (Lipinski definition) is 5. The molecule has 38 heavy (non-hydrogen) atoms. The Labute approximate surface area is 226 Å². The maximum atomic E-state index is 14.1. The summed E-state index contributed by atoms with van der Waals surface area (Å²) in [6, 6.07) is 22.0. The van der Waals surface area contributed by atoms with E-state index >= 15 is 0 Å². The van der Waals surface area contributed by atoms with E-state index in [1.54, 1.807) is 14.2 Å². The lowest BCUT2D eigenvalue weighted by atomic mass is 9.69. The van der Waals surface area contributed by atoms with Crippen LogP contribution in [0.15, 0.2) is 66.7 Å². The van der Waals surface area contributed by atoms with Crippen molar-refractivity contribution in [2.45, 2.75) is 50.4 Å². The van der Waals surface area contributed by atoms with Gasteiger partial charge in [0, 0.05) is 12.1 Å². The average Bonchev–Trinajstić information content (AvgIpc) is 2.99. The van der Waals surface area contributed by atoms with Crippen LogP contribution in [0.25, 0.3) is 0 Å². The van der Waals surface area contributed by atoms with E-state index in [0.717, 1.165) is 54.2 Å². The van der Waals surface area contributed by atoms with Gasteiger partial charge in [0.1, 0.15) is 17.2 Å². The summed E-state index contributed by atoms with van der Waals surface area (Å²) >= 11 is 0. The molecular formula is C33H39NO4. The maximum absolute atomic E-state index is 14.1. The summed E-state index contributed by atoms with van der Waals surface area (Å²) in [5.41, 5.74) is 4.18. The lowest BCUT2D eigenvalue weighted by Gasteiger charge is -2.33. The SMILES string of the molecule is COc1ccc(C2CCc3cc(OC)ccc3C2C(=O)c2ccc(OCCCN3CCCCC3)cc2)cc1. The molecule has 1 aliphatic heterocycles. The van der Waals surface area contributed by atoms with Gasteiger partial charge in [-0.15, -0.1) is 0 Å². The first-order valence-corrected chi connectivity index (χ1v) is 14.0. The van der Waals surface area contributed by atoms with Crippen molar-refractivity contribution in [1.29, 1.82) is 0 Å². The second-order valence-electron chi connectivity index (χ2n) is 10.5. The number of Topliss-reactive ketones (excluding diaryl/α,β-unsaturated/α-hetero) is 1. The molecule has 3 aromatic rings. The predicted octanol–water partition coefficient (Wildman–Crippen LogP) is 6.66. The van der Waals surface area contributed by atoms with Gasteiger partial charge in [-0.05, 0) is 116 Å². The Bertz CT molecular complexity index is 1200. The minimum atomic E-state index is -0.255. The Kier molecular flexibility index (Phi) is 8.65. The molecule has 3 aromatic carbocycles. The van der Waals surface area contributed by atoms with Crippen LogP contribution in [0.3, 0.4) is 0 Å². The van der Waals surface area contributed by atoms with Crippen LogP contribution < -0.4 is 14.2 Å². The quantitative estimate of drug-likeness (QED) is 0.224. The van der Waals surface area contributed by atoms with Crippen LogP contribution in [0.1, 0.15) is 71.0 Å². The third-order valence-electron chi connectivity index (χ3n) is 8.11. The lowest BCUT2D eigenvalue weighted by molar-refractivity contribution is 0.0940. The lowest BCUT2D eigenvalue weighted by Crippen LogP contribution is -2.31. The zero-order valence-corrected chi connectivity index (χ0v) is 22.7. The van der Waals surface area contributed by atoms with Gasteiger partial charge in [-0.3, -0.25) is 4.79 Å².